The molecule has 0 aliphatic rings. The van der Waals surface area contributed by atoms with Crippen LogP contribution in [0.4, 0.5) is 0 Å². The zero-order valence-electron chi connectivity index (χ0n) is 13.9. The van der Waals surface area contributed by atoms with Crippen molar-refractivity contribution in [3.63, 3.8) is 0 Å². The molecule has 0 aliphatic heterocycles. The lowest BCUT2D eigenvalue weighted by molar-refractivity contribution is 0.0780. The first-order valence-corrected chi connectivity index (χ1v) is 8.00. The maximum Gasteiger partial charge on any atom is 0.254 e. The summed E-state index contributed by atoms with van der Waals surface area (Å²) in [7, 11) is 1.73. The van der Waals surface area contributed by atoms with Crippen LogP contribution in [0.5, 0.6) is 0 Å². The maximum absolute atomic E-state index is 12.9. The van der Waals surface area contributed by atoms with Crippen LogP contribution >= 0.6 is 0 Å². The molecule has 4 nitrogen and oxygen atoms in total. The quantitative estimate of drug-likeness (QED) is 0.672. The molecule has 0 bridgehead atoms. The molecule has 0 radical (unpaired) electrons. The van der Waals surface area contributed by atoms with E-state index in [1.165, 1.54) is 0 Å². The van der Waals surface area contributed by atoms with Crippen molar-refractivity contribution in [2.24, 2.45) is 0 Å². The molecule has 0 spiro atoms. The summed E-state index contributed by atoms with van der Waals surface area (Å²) < 4.78 is 0. The van der Waals surface area contributed by atoms with Crippen LogP contribution in [-0.4, -0.2) is 28.6 Å². The van der Waals surface area contributed by atoms with Gasteiger partial charge in [0.15, 0.2) is 5.78 Å². The number of hydrogen-bond donors (Lipinski definition) is 0. The SMILES string of the molecule is CN(Cc1ccncc1)C(=O)c1ccccc1C(=O)c1ccccc1. The summed E-state index contributed by atoms with van der Waals surface area (Å²) in [4.78, 5) is 31.2. The van der Waals surface area contributed by atoms with Crippen LogP contribution in [0, 0.1) is 0 Å². The summed E-state index contributed by atoms with van der Waals surface area (Å²) in [6.07, 6.45) is 3.39. The minimum Gasteiger partial charge on any atom is -0.337 e. The predicted octanol–water partition coefficient (Wildman–Crippen LogP) is 3.58. The molecule has 0 fully saturated rings. The third kappa shape index (κ3) is 3.80. The monoisotopic (exact) mass is 330 g/mol. The summed E-state index contributed by atoms with van der Waals surface area (Å²) in [5, 5.41) is 0. The average molecular weight is 330 g/mol. The van der Waals surface area contributed by atoms with Gasteiger partial charge in [-0.2, -0.15) is 0 Å². The topological polar surface area (TPSA) is 50.3 Å². The van der Waals surface area contributed by atoms with Gasteiger partial charge in [0, 0.05) is 37.1 Å². The van der Waals surface area contributed by atoms with Crippen molar-refractivity contribution >= 4 is 11.7 Å². The van der Waals surface area contributed by atoms with Gasteiger partial charge in [-0.3, -0.25) is 14.6 Å². The van der Waals surface area contributed by atoms with Crippen LogP contribution in [0.25, 0.3) is 0 Å². The van der Waals surface area contributed by atoms with E-state index >= 15 is 0 Å². The second kappa shape index (κ2) is 7.53. The Bertz CT molecular complexity index is 877. The Labute approximate surface area is 146 Å². The molecule has 1 amide bonds. The van der Waals surface area contributed by atoms with E-state index in [2.05, 4.69) is 4.98 Å². The molecule has 4 heteroatoms. The molecular weight excluding hydrogens is 312 g/mol. The number of aromatic nitrogens is 1. The first-order chi connectivity index (χ1) is 12.2. The Morgan fingerprint density at radius 2 is 1.44 bits per heavy atom. The number of carbonyl (C=O) groups is 2. The smallest absolute Gasteiger partial charge is 0.254 e. The molecule has 0 aliphatic carbocycles. The molecule has 0 N–H and O–H groups in total. The molecule has 25 heavy (non-hydrogen) atoms. The fraction of sp³-hybridized carbons (Fsp3) is 0.0952. The number of ketones is 1. The maximum atomic E-state index is 12.9. The van der Waals surface area contributed by atoms with Gasteiger partial charge in [-0.25, -0.2) is 0 Å². The second-order valence-electron chi connectivity index (χ2n) is 5.76. The molecular formula is C21H18N2O2. The lowest BCUT2D eigenvalue weighted by Gasteiger charge is -2.19. The zero-order chi connectivity index (χ0) is 17.6. The van der Waals surface area contributed by atoms with Crippen molar-refractivity contribution in [2.75, 3.05) is 7.05 Å². The van der Waals surface area contributed by atoms with E-state index < -0.39 is 0 Å². The number of nitrogens with zero attached hydrogens (tertiary/aromatic N) is 2. The van der Waals surface area contributed by atoms with Crippen LogP contribution in [0.2, 0.25) is 0 Å². The second-order valence-corrected chi connectivity index (χ2v) is 5.76. The summed E-state index contributed by atoms with van der Waals surface area (Å²) >= 11 is 0. The first kappa shape index (κ1) is 16.6. The molecule has 124 valence electrons. The lowest BCUT2D eigenvalue weighted by atomic mass is 9.97. The van der Waals surface area contributed by atoms with Gasteiger partial charge in [0.05, 0.1) is 5.56 Å². The van der Waals surface area contributed by atoms with Crippen LogP contribution < -0.4 is 0 Å². The molecule has 0 atom stereocenters. The summed E-state index contributed by atoms with van der Waals surface area (Å²) in [5.41, 5.74) is 2.38. The van der Waals surface area contributed by atoms with Crippen LogP contribution in [0.3, 0.4) is 0 Å². The summed E-state index contributed by atoms with van der Waals surface area (Å²) in [5.74, 6) is -0.335. The van der Waals surface area contributed by atoms with E-state index in [1.54, 1.807) is 60.7 Å². The molecule has 0 saturated carbocycles. The van der Waals surface area contributed by atoms with Gasteiger partial charge in [-0.05, 0) is 23.8 Å². The highest BCUT2D eigenvalue weighted by Crippen LogP contribution is 2.17. The number of amides is 1. The zero-order valence-corrected chi connectivity index (χ0v) is 13.9. The minimum atomic E-state index is -0.184. The predicted molar refractivity (Wildman–Crippen MR) is 96.4 cm³/mol. The summed E-state index contributed by atoms with van der Waals surface area (Å²) in [6, 6.07) is 19.7. The number of rotatable bonds is 5. The van der Waals surface area contributed by atoms with Gasteiger partial charge < -0.3 is 4.90 Å². The third-order valence-electron chi connectivity index (χ3n) is 3.95. The molecule has 3 aromatic rings. The van der Waals surface area contributed by atoms with Crippen molar-refractivity contribution in [2.45, 2.75) is 6.54 Å². The van der Waals surface area contributed by atoms with E-state index in [-0.39, 0.29) is 11.7 Å². The van der Waals surface area contributed by atoms with E-state index in [0.29, 0.717) is 23.2 Å². The molecule has 3 rings (SSSR count). The van der Waals surface area contributed by atoms with E-state index in [1.807, 2.05) is 30.3 Å². The Morgan fingerprint density at radius 3 is 2.12 bits per heavy atom. The Hall–Kier alpha value is -3.27. The minimum absolute atomic E-state index is 0.151. The lowest BCUT2D eigenvalue weighted by Crippen LogP contribution is -2.28. The van der Waals surface area contributed by atoms with Crippen molar-refractivity contribution in [3.8, 4) is 0 Å². The van der Waals surface area contributed by atoms with Gasteiger partial charge in [0.1, 0.15) is 0 Å². The number of hydrogen-bond acceptors (Lipinski definition) is 3. The molecule has 1 heterocycles. The standard InChI is InChI=1S/C21H18N2O2/c1-23(15-16-11-13-22-14-12-16)21(25)19-10-6-5-9-18(19)20(24)17-7-3-2-4-8-17/h2-14H,15H2,1H3. The van der Waals surface area contributed by atoms with Gasteiger partial charge >= 0.3 is 0 Å². The normalized spacial score (nSPS) is 10.3. The van der Waals surface area contributed by atoms with E-state index in [9.17, 15) is 9.59 Å². The third-order valence-corrected chi connectivity index (χ3v) is 3.95. The first-order valence-electron chi connectivity index (χ1n) is 8.00. The largest absolute Gasteiger partial charge is 0.337 e. The fourth-order valence-corrected chi connectivity index (χ4v) is 2.65. The Morgan fingerprint density at radius 1 is 0.840 bits per heavy atom. The highest BCUT2D eigenvalue weighted by atomic mass is 16.2. The fourth-order valence-electron chi connectivity index (χ4n) is 2.65. The van der Waals surface area contributed by atoms with Crippen molar-refractivity contribution in [1.82, 2.24) is 9.88 Å². The van der Waals surface area contributed by atoms with Crippen molar-refractivity contribution < 1.29 is 9.59 Å². The number of pyridine rings is 1. The van der Waals surface area contributed by atoms with Gasteiger partial charge in [-0.15, -0.1) is 0 Å². The van der Waals surface area contributed by atoms with Crippen molar-refractivity contribution in [3.05, 3.63) is 101 Å². The average Bonchev–Trinajstić information content (AvgIpc) is 2.68. The van der Waals surface area contributed by atoms with Gasteiger partial charge in [-0.1, -0.05) is 48.5 Å². The molecule has 2 aromatic carbocycles. The van der Waals surface area contributed by atoms with Gasteiger partial charge in [0.25, 0.3) is 5.91 Å². The number of benzene rings is 2. The highest BCUT2D eigenvalue weighted by molar-refractivity contribution is 6.15. The van der Waals surface area contributed by atoms with Crippen LogP contribution in [0.15, 0.2) is 79.1 Å². The molecule has 0 saturated heterocycles. The molecule has 1 aromatic heterocycles. The Balaban J connectivity index is 1.87. The summed E-state index contributed by atoms with van der Waals surface area (Å²) in [6.45, 7) is 0.454. The van der Waals surface area contributed by atoms with E-state index in [0.717, 1.165) is 5.56 Å². The van der Waals surface area contributed by atoms with Crippen LogP contribution in [-0.2, 0) is 6.54 Å². The Kier molecular flexibility index (Phi) is 5.00. The van der Waals surface area contributed by atoms with Crippen LogP contribution in [0.1, 0.15) is 31.8 Å². The van der Waals surface area contributed by atoms with Crippen molar-refractivity contribution in [1.29, 1.82) is 0 Å². The van der Waals surface area contributed by atoms with E-state index in [4.69, 9.17) is 0 Å². The highest BCUT2D eigenvalue weighted by Gasteiger charge is 2.20. The van der Waals surface area contributed by atoms with Gasteiger partial charge in [0.2, 0.25) is 0 Å². The molecule has 0 unspecified atom stereocenters. The number of carbonyl (C=O) groups excluding carboxylic acids is 2.